The van der Waals surface area contributed by atoms with Crippen LogP contribution in [0, 0.1) is 0 Å². The van der Waals surface area contributed by atoms with Gasteiger partial charge < -0.3 is 5.32 Å². The summed E-state index contributed by atoms with van der Waals surface area (Å²) < 4.78 is 0.976. The summed E-state index contributed by atoms with van der Waals surface area (Å²) in [6.45, 7) is 3.50. The quantitative estimate of drug-likeness (QED) is 0.896. The highest BCUT2D eigenvalue weighted by atomic mass is 79.9. The molecule has 2 aliphatic rings. The fourth-order valence-electron chi connectivity index (χ4n) is 2.91. The molecular weight excluding hydrogens is 312 g/mol. The van der Waals surface area contributed by atoms with Crippen LogP contribution in [0.3, 0.4) is 0 Å². The minimum Gasteiger partial charge on any atom is -0.380 e. The van der Waals surface area contributed by atoms with E-state index >= 15 is 0 Å². The molecule has 0 radical (unpaired) electrons. The predicted octanol–water partition coefficient (Wildman–Crippen LogP) is 4.14. The van der Waals surface area contributed by atoms with Crippen molar-refractivity contribution >= 4 is 33.2 Å². The third kappa shape index (κ3) is 2.54. The molecule has 1 aliphatic carbocycles. The van der Waals surface area contributed by atoms with Gasteiger partial charge in [0.05, 0.1) is 15.2 Å². The van der Waals surface area contributed by atoms with E-state index in [2.05, 4.69) is 39.1 Å². The number of halogens is 2. The maximum atomic E-state index is 6.12. The van der Waals surface area contributed by atoms with Gasteiger partial charge in [0.25, 0.3) is 0 Å². The zero-order chi connectivity index (χ0) is 12.7. The van der Waals surface area contributed by atoms with Crippen molar-refractivity contribution in [2.45, 2.75) is 44.3 Å². The number of nitrogens with one attached hydrogen (secondary N) is 1. The van der Waals surface area contributed by atoms with Crippen molar-refractivity contribution in [3.63, 3.8) is 0 Å². The van der Waals surface area contributed by atoms with E-state index in [-0.39, 0.29) is 0 Å². The lowest BCUT2D eigenvalue weighted by Crippen LogP contribution is -2.31. The van der Waals surface area contributed by atoms with Crippen molar-refractivity contribution in [1.29, 1.82) is 0 Å². The average molecular weight is 330 g/mol. The molecule has 1 aromatic carbocycles. The zero-order valence-electron chi connectivity index (χ0n) is 10.5. The first-order valence-electron chi connectivity index (χ1n) is 6.61. The van der Waals surface area contributed by atoms with E-state index in [9.17, 15) is 0 Å². The van der Waals surface area contributed by atoms with Gasteiger partial charge in [-0.2, -0.15) is 0 Å². The van der Waals surface area contributed by atoms with Gasteiger partial charge in [-0.15, -0.1) is 0 Å². The van der Waals surface area contributed by atoms with Crippen molar-refractivity contribution in [1.82, 2.24) is 4.90 Å². The molecule has 18 heavy (non-hydrogen) atoms. The summed E-state index contributed by atoms with van der Waals surface area (Å²) in [6, 6.07) is 8.08. The number of hydrogen-bond acceptors (Lipinski definition) is 2. The monoisotopic (exact) mass is 328 g/mol. The molecule has 0 amide bonds. The molecule has 1 N–H and O–H groups in total. The van der Waals surface area contributed by atoms with Crippen LogP contribution in [-0.4, -0.2) is 29.6 Å². The molecule has 3 rings (SSSR count). The topological polar surface area (TPSA) is 15.3 Å². The van der Waals surface area contributed by atoms with Crippen LogP contribution in [0.2, 0.25) is 5.02 Å². The van der Waals surface area contributed by atoms with Crippen LogP contribution >= 0.6 is 27.5 Å². The second-order valence-electron chi connectivity index (χ2n) is 5.46. The van der Waals surface area contributed by atoms with Crippen molar-refractivity contribution in [3.05, 3.63) is 27.7 Å². The minimum absolute atomic E-state index is 0.537. The number of benzene rings is 1. The standard InChI is InChI=1S/C14H18BrClN2/c1-9-7-10(8-18(9)11-5-6-11)17-13-4-2-3-12(16)14(13)15/h2-4,9-11,17H,5-8H2,1H3. The lowest BCUT2D eigenvalue weighted by Gasteiger charge is -2.20. The molecule has 1 saturated heterocycles. The minimum atomic E-state index is 0.537. The zero-order valence-corrected chi connectivity index (χ0v) is 12.8. The summed E-state index contributed by atoms with van der Waals surface area (Å²) in [5.41, 5.74) is 1.11. The van der Waals surface area contributed by atoms with Gasteiger partial charge in [-0.3, -0.25) is 4.90 Å². The van der Waals surface area contributed by atoms with Crippen LogP contribution in [0.1, 0.15) is 26.2 Å². The largest absolute Gasteiger partial charge is 0.380 e. The van der Waals surface area contributed by atoms with E-state index in [1.54, 1.807) is 0 Å². The number of nitrogens with zero attached hydrogens (tertiary/aromatic N) is 1. The summed E-state index contributed by atoms with van der Waals surface area (Å²) in [5, 5.41) is 4.39. The Morgan fingerprint density at radius 3 is 2.89 bits per heavy atom. The Kier molecular flexibility index (Phi) is 3.57. The fourth-order valence-corrected chi connectivity index (χ4v) is 3.46. The van der Waals surface area contributed by atoms with E-state index in [0.717, 1.165) is 27.8 Å². The van der Waals surface area contributed by atoms with Gasteiger partial charge in [-0.05, 0) is 54.2 Å². The molecular formula is C14H18BrClN2. The van der Waals surface area contributed by atoms with Gasteiger partial charge in [-0.1, -0.05) is 17.7 Å². The van der Waals surface area contributed by atoms with E-state index in [1.807, 2.05) is 12.1 Å². The average Bonchev–Trinajstić information content (AvgIpc) is 3.10. The van der Waals surface area contributed by atoms with Crippen molar-refractivity contribution in [2.75, 3.05) is 11.9 Å². The molecule has 1 saturated carbocycles. The normalized spacial score (nSPS) is 28.6. The molecule has 1 aromatic rings. The molecule has 1 aliphatic heterocycles. The summed E-state index contributed by atoms with van der Waals surface area (Å²) >= 11 is 9.67. The van der Waals surface area contributed by atoms with E-state index in [4.69, 9.17) is 11.6 Å². The molecule has 2 fully saturated rings. The number of likely N-dealkylation sites (tertiary alicyclic amines) is 1. The highest BCUT2D eigenvalue weighted by Gasteiger charge is 2.38. The summed E-state index contributed by atoms with van der Waals surface area (Å²) in [5.74, 6) is 0. The third-order valence-electron chi connectivity index (χ3n) is 3.95. The molecule has 0 bridgehead atoms. The van der Waals surface area contributed by atoms with Crippen LogP contribution in [0.25, 0.3) is 0 Å². The Morgan fingerprint density at radius 2 is 2.17 bits per heavy atom. The van der Waals surface area contributed by atoms with Gasteiger partial charge in [-0.25, -0.2) is 0 Å². The number of rotatable bonds is 3. The molecule has 2 unspecified atom stereocenters. The molecule has 2 nitrogen and oxygen atoms in total. The maximum Gasteiger partial charge on any atom is 0.0593 e. The molecule has 2 atom stereocenters. The van der Waals surface area contributed by atoms with Crippen molar-refractivity contribution in [2.24, 2.45) is 0 Å². The Hall–Kier alpha value is -0.250. The van der Waals surface area contributed by atoms with Crippen LogP contribution < -0.4 is 5.32 Å². The Balaban J connectivity index is 1.68. The maximum absolute atomic E-state index is 6.12. The third-order valence-corrected chi connectivity index (χ3v) is 5.35. The summed E-state index contributed by atoms with van der Waals surface area (Å²) in [6.07, 6.45) is 3.99. The molecule has 98 valence electrons. The first-order valence-corrected chi connectivity index (χ1v) is 7.78. The van der Waals surface area contributed by atoms with Gasteiger partial charge in [0, 0.05) is 24.7 Å². The van der Waals surface area contributed by atoms with Gasteiger partial charge >= 0.3 is 0 Å². The van der Waals surface area contributed by atoms with E-state index in [1.165, 1.54) is 19.3 Å². The number of anilines is 1. The van der Waals surface area contributed by atoms with Crippen molar-refractivity contribution < 1.29 is 0 Å². The lowest BCUT2D eigenvalue weighted by molar-refractivity contribution is 0.257. The van der Waals surface area contributed by atoms with Crippen LogP contribution in [0.15, 0.2) is 22.7 Å². The van der Waals surface area contributed by atoms with E-state index < -0.39 is 0 Å². The van der Waals surface area contributed by atoms with Crippen LogP contribution in [-0.2, 0) is 0 Å². The fraction of sp³-hybridized carbons (Fsp3) is 0.571. The second-order valence-corrected chi connectivity index (χ2v) is 6.66. The Morgan fingerprint density at radius 1 is 1.39 bits per heavy atom. The van der Waals surface area contributed by atoms with E-state index in [0.29, 0.717) is 12.1 Å². The first-order chi connectivity index (χ1) is 8.65. The molecule has 0 aromatic heterocycles. The van der Waals surface area contributed by atoms with Crippen LogP contribution in [0.4, 0.5) is 5.69 Å². The van der Waals surface area contributed by atoms with Gasteiger partial charge in [0.2, 0.25) is 0 Å². The van der Waals surface area contributed by atoms with Crippen LogP contribution in [0.5, 0.6) is 0 Å². The Labute approximate surface area is 122 Å². The lowest BCUT2D eigenvalue weighted by atomic mass is 10.2. The molecule has 0 spiro atoms. The summed E-state index contributed by atoms with van der Waals surface area (Å²) in [4.78, 5) is 2.65. The highest BCUT2D eigenvalue weighted by Crippen LogP contribution is 2.36. The predicted molar refractivity (Wildman–Crippen MR) is 80.4 cm³/mol. The number of hydrogen-bond donors (Lipinski definition) is 1. The molecule has 4 heteroatoms. The van der Waals surface area contributed by atoms with Crippen molar-refractivity contribution in [3.8, 4) is 0 Å². The van der Waals surface area contributed by atoms with Gasteiger partial charge in [0.15, 0.2) is 0 Å². The first kappa shape index (κ1) is 12.8. The highest BCUT2D eigenvalue weighted by molar-refractivity contribution is 9.10. The summed E-state index contributed by atoms with van der Waals surface area (Å²) in [7, 11) is 0. The SMILES string of the molecule is CC1CC(Nc2cccc(Cl)c2Br)CN1C1CC1. The Bertz CT molecular complexity index is 447. The molecule has 1 heterocycles. The van der Waals surface area contributed by atoms with Gasteiger partial charge in [0.1, 0.15) is 0 Å². The smallest absolute Gasteiger partial charge is 0.0593 e. The second kappa shape index (κ2) is 5.03.